The monoisotopic (exact) mass is 398 g/mol. The van der Waals surface area contributed by atoms with Crippen LogP contribution >= 0.6 is 0 Å². The summed E-state index contributed by atoms with van der Waals surface area (Å²) in [5.41, 5.74) is 3.46. The summed E-state index contributed by atoms with van der Waals surface area (Å²) in [6.07, 6.45) is 2.35. The van der Waals surface area contributed by atoms with Crippen LogP contribution in [0.5, 0.6) is 0 Å². The summed E-state index contributed by atoms with van der Waals surface area (Å²) in [6.45, 7) is 2.29. The van der Waals surface area contributed by atoms with E-state index in [9.17, 15) is 13.2 Å². The Morgan fingerprint density at radius 2 is 1.93 bits per heavy atom. The Labute approximate surface area is 164 Å². The van der Waals surface area contributed by atoms with Gasteiger partial charge in [-0.2, -0.15) is 0 Å². The lowest BCUT2D eigenvalue weighted by Gasteiger charge is -2.20. The molecule has 0 unspecified atom stereocenters. The van der Waals surface area contributed by atoms with E-state index in [-0.39, 0.29) is 18.2 Å². The highest BCUT2D eigenvalue weighted by atomic mass is 32.2. The Balaban J connectivity index is 1.39. The summed E-state index contributed by atoms with van der Waals surface area (Å²) < 4.78 is 28.7. The number of rotatable bonds is 6. The first-order valence-electron chi connectivity index (χ1n) is 9.25. The normalized spacial score (nSPS) is 14.8. The van der Waals surface area contributed by atoms with Gasteiger partial charge in [-0.05, 0) is 37.1 Å². The summed E-state index contributed by atoms with van der Waals surface area (Å²) in [4.78, 5) is 16.8. The van der Waals surface area contributed by atoms with Crippen molar-refractivity contribution in [1.82, 2.24) is 14.9 Å². The van der Waals surface area contributed by atoms with Crippen molar-refractivity contribution in [3.63, 3.8) is 0 Å². The van der Waals surface area contributed by atoms with E-state index in [4.69, 9.17) is 0 Å². The maximum absolute atomic E-state index is 12.7. The van der Waals surface area contributed by atoms with Crippen LogP contribution in [0.2, 0.25) is 0 Å². The number of hydrogen-bond donors (Lipinski definition) is 1. The molecule has 1 atom stereocenters. The number of aromatic nitrogens is 2. The van der Waals surface area contributed by atoms with E-state index in [1.807, 2.05) is 48.5 Å². The summed E-state index contributed by atoms with van der Waals surface area (Å²) in [6, 6.07) is 14.6. The van der Waals surface area contributed by atoms with Crippen molar-refractivity contribution in [2.45, 2.75) is 19.4 Å². The first-order chi connectivity index (χ1) is 13.5. The van der Waals surface area contributed by atoms with E-state index in [1.54, 1.807) is 17.8 Å². The number of amides is 1. The molecular formula is C20H22N4O3S. The number of carbonyl (C=O) groups excluding carboxylic acids is 1. The van der Waals surface area contributed by atoms with Crippen molar-refractivity contribution >= 4 is 32.7 Å². The zero-order valence-electron chi connectivity index (χ0n) is 15.6. The Kier molecular flexibility index (Phi) is 4.80. The number of nitrogens with zero attached hydrogens (tertiary/aromatic N) is 3. The van der Waals surface area contributed by atoms with Crippen LogP contribution in [0.3, 0.4) is 0 Å². The van der Waals surface area contributed by atoms with Gasteiger partial charge in [0.15, 0.2) is 0 Å². The SMILES string of the molecule is C[C@H](C(=O)NCCS(=O)(=O)N1CCc2ccccc21)n1cnc2ccccc21. The molecule has 1 N–H and O–H groups in total. The number of anilines is 1. The van der Waals surface area contributed by atoms with Crippen LogP contribution in [0, 0.1) is 0 Å². The van der Waals surface area contributed by atoms with Crippen molar-refractivity contribution in [3.05, 3.63) is 60.4 Å². The summed E-state index contributed by atoms with van der Waals surface area (Å²) in [7, 11) is -3.48. The van der Waals surface area contributed by atoms with E-state index in [2.05, 4.69) is 10.3 Å². The van der Waals surface area contributed by atoms with E-state index < -0.39 is 16.1 Å². The fourth-order valence-electron chi connectivity index (χ4n) is 3.57. The van der Waals surface area contributed by atoms with E-state index >= 15 is 0 Å². The van der Waals surface area contributed by atoms with Gasteiger partial charge in [-0.1, -0.05) is 30.3 Å². The summed E-state index contributed by atoms with van der Waals surface area (Å²) >= 11 is 0. The van der Waals surface area contributed by atoms with E-state index in [0.717, 1.165) is 22.3 Å². The van der Waals surface area contributed by atoms with Crippen LogP contribution in [0.25, 0.3) is 11.0 Å². The predicted molar refractivity (Wildman–Crippen MR) is 109 cm³/mol. The van der Waals surface area contributed by atoms with Crippen LogP contribution in [0.1, 0.15) is 18.5 Å². The molecule has 4 rings (SSSR count). The molecule has 0 spiro atoms. The van der Waals surface area contributed by atoms with Gasteiger partial charge in [0, 0.05) is 13.1 Å². The molecule has 8 heteroatoms. The third-order valence-electron chi connectivity index (χ3n) is 5.12. The van der Waals surface area contributed by atoms with Crippen LogP contribution in [0.15, 0.2) is 54.9 Å². The number of carbonyl (C=O) groups is 1. The number of sulfonamides is 1. The lowest BCUT2D eigenvalue weighted by molar-refractivity contribution is -0.123. The first-order valence-corrected chi connectivity index (χ1v) is 10.9. The zero-order valence-corrected chi connectivity index (χ0v) is 16.4. The Hall–Kier alpha value is -2.87. The molecule has 28 heavy (non-hydrogen) atoms. The van der Waals surface area contributed by atoms with Gasteiger partial charge in [0.25, 0.3) is 0 Å². The number of fused-ring (bicyclic) bond motifs is 2. The largest absolute Gasteiger partial charge is 0.353 e. The molecule has 0 radical (unpaired) electrons. The Bertz CT molecular complexity index is 1120. The standard InChI is InChI=1S/C20H22N4O3S/c1-15(23-14-22-17-7-3-5-9-19(17)23)20(25)21-11-13-28(26,27)24-12-10-16-6-2-4-8-18(16)24/h2-9,14-15H,10-13H2,1H3,(H,21,25)/t15-/m1/s1. The van der Waals surface area contributed by atoms with E-state index in [0.29, 0.717) is 13.0 Å². The van der Waals surface area contributed by atoms with Gasteiger partial charge >= 0.3 is 0 Å². The molecule has 1 aliphatic rings. The van der Waals surface area contributed by atoms with Crippen molar-refractivity contribution in [3.8, 4) is 0 Å². The molecule has 1 aliphatic heterocycles. The van der Waals surface area contributed by atoms with Crippen LogP contribution in [-0.4, -0.2) is 42.7 Å². The fraction of sp³-hybridized carbons (Fsp3) is 0.300. The minimum absolute atomic E-state index is 0.0663. The Morgan fingerprint density at radius 1 is 1.18 bits per heavy atom. The van der Waals surface area contributed by atoms with Crippen LogP contribution in [-0.2, 0) is 21.2 Å². The minimum Gasteiger partial charge on any atom is -0.353 e. The molecule has 7 nitrogen and oxygen atoms in total. The molecule has 2 aromatic carbocycles. The maximum Gasteiger partial charge on any atom is 0.242 e. The average molecular weight is 398 g/mol. The second-order valence-corrected chi connectivity index (χ2v) is 8.89. The average Bonchev–Trinajstić information content (AvgIpc) is 3.32. The number of nitrogens with one attached hydrogen (secondary N) is 1. The van der Waals surface area contributed by atoms with Gasteiger partial charge in [0.1, 0.15) is 6.04 Å². The number of imidazole rings is 1. The number of para-hydroxylation sites is 3. The lowest BCUT2D eigenvalue weighted by Crippen LogP contribution is -2.38. The molecular weight excluding hydrogens is 376 g/mol. The molecule has 2 heterocycles. The van der Waals surface area contributed by atoms with Gasteiger partial charge < -0.3 is 9.88 Å². The van der Waals surface area contributed by atoms with Crippen LogP contribution < -0.4 is 9.62 Å². The van der Waals surface area contributed by atoms with E-state index in [1.165, 1.54) is 4.31 Å². The van der Waals surface area contributed by atoms with Gasteiger partial charge in [0.2, 0.25) is 15.9 Å². The smallest absolute Gasteiger partial charge is 0.242 e. The van der Waals surface area contributed by atoms with Gasteiger partial charge in [-0.15, -0.1) is 0 Å². The summed E-state index contributed by atoms with van der Waals surface area (Å²) in [5.74, 6) is -0.370. The molecule has 146 valence electrons. The third kappa shape index (κ3) is 3.35. The molecule has 1 aromatic heterocycles. The summed E-state index contributed by atoms with van der Waals surface area (Å²) in [5, 5.41) is 2.75. The minimum atomic E-state index is -3.48. The van der Waals surface area contributed by atoms with Gasteiger partial charge in [0.05, 0.1) is 28.8 Å². The molecule has 0 aliphatic carbocycles. The first kappa shape index (κ1) is 18.5. The maximum atomic E-state index is 12.7. The highest BCUT2D eigenvalue weighted by Gasteiger charge is 2.29. The predicted octanol–water partition coefficient (Wildman–Crippen LogP) is 2.11. The van der Waals surface area contributed by atoms with Gasteiger partial charge in [-0.3, -0.25) is 9.10 Å². The highest BCUT2D eigenvalue weighted by molar-refractivity contribution is 7.92. The van der Waals surface area contributed by atoms with Crippen molar-refractivity contribution in [2.24, 2.45) is 0 Å². The topological polar surface area (TPSA) is 84.3 Å². The van der Waals surface area contributed by atoms with Crippen molar-refractivity contribution in [1.29, 1.82) is 0 Å². The second-order valence-electron chi connectivity index (χ2n) is 6.87. The molecule has 0 bridgehead atoms. The molecule has 1 amide bonds. The second kappa shape index (κ2) is 7.27. The molecule has 3 aromatic rings. The number of hydrogen-bond acceptors (Lipinski definition) is 4. The number of benzene rings is 2. The fourth-order valence-corrected chi connectivity index (χ4v) is 5.00. The molecule has 0 saturated carbocycles. The lowest BCUT2D eigenvalue weighted by atomic mass is 10.2. The quantitative estimate of drug-likeness (QED) is 0.689. The zero-order chi connectivity index (χ0) is 19.7. The molecule has 0 saturated heterocycles. The highest BCUT2D eigenvalue weighted by Crippen LogP contribution is 2.29. The Morgan fingerprint density at radius 3 is 2.79 bits per heavy atom. The van der Waals surface area contributed by atoms with Gasteiger partial charge in [-0.25, -0.2) is 13.4 Å². The van der Waals surface area contributed by atoms with Crippen molar-refractivity contribution in [2.75, 3.05) is 23.1 Å². The third-order valence-corrected chi connectivity index (χ3v) is 6.89. The van der Waals surface area contributed by atoms with Crippen molar-refractivity contribution < 1.29 is 13.2 Å². The van der Waals surface area contributed by atoms with Crippen LogP contribution in [0.4, 0.5) is 5.69 Å². The molecule has 0 fully saturated rings.